The second-order valence-electron chi connectivity index (χ2n) is 8.10. The van der Waals surface area contributed by atoms with E-state index in [2.05, 4.69) is 0 Å². The third-order valence-electron chi connectivity index (χ3n) is 5.88. The fourth-order valence-electron chi connectivity index (χ4n) is 4.25. The van der Waals surface area contributed by atoms with Gasteiger partial charge in [0, 0.05) is 6.42 Å². The van der Waals surface area contributed by atoms with Gasteiger partial charge in [-0.05, 0) is 61.6 Å². The molecular weight excluding hydrogens is 375 g/mol. The Morgan fingerprint density at radius 2 is 1.66 bits per heavy atom. The molecule has 0 saturated heterocycles. The lowest BCUT2D eigenvalue weighted by Gasteiger charge is -2.24. The van der Waals surface area contributed by atoms with Gasteiger partial charge in [0.15, 0.2) is 0 Å². The summed E-state index contributed by atoms with van der Waals surface area (Å²) in [5.74, 6) is -1.11. The molecule has 1 saturated carbocycles. The molecule has 6 heteroatoms. The number of hydrogen-bond donors (Lipinski definition) is 4. The summed E-state index contributed by atoms with van der Waals surface area (Å²) in [4.78, 5) is 10.5. The molecule has 2 rings (SSSR count). The van der Waals surface area contributed by atoms with E-state index in [-0.39, 0.29) is 24.1 Å². The van der Waals surface area contributed by atoms with Crippen molar-refractivity contribution in [2.75, 3.05) is 0 Å². The van der Waals surface area contributed by atoms with Gasteiger partial charge in [0.1, 0.15) is 5.82 Å². The van der Waals surface area contributed by atoms with Crippen LogP contribution in [0, 0.1) is 17.7 Å². The minimum absolute atomic E-state index is 0.0118. The van der Waals surface area contributed by atoms with E-state index in [1.807, 2.05) is 0 Å². The fraction of sp³-hybridized carbons (Fsp3) is 0.609. The average molecular weight is 409 g/mol. The van der Waals surface area contributed by atoms with Crippen LogP contribution in [0.2, 0.25) is 0 Å². The number of aliphatic hydroxyl groups excluding tert-OH is 3. The van der Waals surface area contributed by atoms with Gasteiger partial charge < -0.3 is 20.4 Å². The molecule has 0 spiro atoms. The Bertz CT molecular complexity index is 645. The van der Waals surface area contributed by atoms with Gasteiger partial charge in [-0.1, -0.05) is 43.5 Å². The smallest absolute Gasteiger partial charge is 0.303 e. The van der Waals surface area contributed by atoms with E-state index in [4.69, 9.17) is 5.11 Å². The number of halogens is 1. The number of aliphatic carboxylic acids is 1. The van der Waals surface area contributed by atoms with E-state index >= 15 is 0 Å². The Morgan fingerprint density at radius 3 is 2.31 bits per heavy atom. The molecule has 1 aromatic carbocycles. The third kappa shape index (κ3) is 8.25. The number of aliphatic hydroxyl groups is 3. The summed E-state index contributed by atoms with van der Waals surface area (Å²) in [5.41, 5.74) is 0.808. The van der Waals surface area contributed by atoms with Crippen molar-refractivity contribution in [3.8, 4) is 0 Å². The van der Waals surface area contributed by atoms with Gasteiger partial charge >= 0.3 is 5.97 Å². The van der Waals surface area contributed by atoms with Crippen molar-refractivity contribution in [1.82, 2.24) is 0 Å². The maximum atomic E-state index is 12.9. The lowest BCUT2D eigenvalue weighted by molar-refractivity contribution is -0.137. The van der Waals surface area contributed by atoms with Crippen LogP contribution in [-0.4, -0.2) is 44.7 Å². The molecule has 1 fully saturated rings. The van der Waals surface area contributed by atoms with Crippen molar-refractivity contribution in [3.63, 3.8) is 0 Å². The number of rotatable bonds is 12. The zero-order valence-electron chi connectivity index (χ0n) is 16.8. The molecule has 4 N–H and O–H groups in total. The van der Waals surface area contributed by atoms with Crippen molar-refractivity contribution in [2.45, 2.75) is 76.1 Å². The SMILES string of the molecule is O=C(O)CCCCCC[C@@H]1[C@@H](CCC(O)C=Cc2ccc(F)cc2)[C@H](O)C[C@@H]1O. The van der Waals surface area contributed by atoms with Crippen molar-refractivity contribution in [3.05, 3.63) is 41.7 Å². The quantitative estimate of drug-likeness (QED) is 0.395. The second-order valence-corrected chi connectivity index (χ2v) is 8.10. The number of carboxylic acids is 1. The molecule has 1 aromatic rings. The van der Waals surface area contributed by atoms with Crippen molar-refractivity contribution in [1.29, 1.82) is 0 Å². The molecule has 0 bridgehead atoms. The highest BCUT2D eigenvalue weighted by molar-refractivity contribution is 5.66. The minimum atomic E-state index is -0.772. The van der Waals surface area contributed by atoms with Crippen LogP contribution in [-0.2, 0) is 4.79 Å². The summed E-state index contributed by atoms with van der Waals surface area (Å²) in [7, 11) is 0. The van der Waals surface area contributed by atoms with Crippen LogP contribution < -0.4 is 0 Å². The number of unbranched alkanes of at least 4 members (excludes halogenated alkanes) is 3. The monoisotopic (exact) mass is 408 g/mol. The highest BCUT2D eigenvalue weighted by Crippen LogP contribution is 2.39. The summed E-state index contributed by atoms with van der Waals surface area (Å²) in [6.07, 6.45) is 7.48. The van der Waals surface area contributed by atoms with Crippen LogP contribution in [0.4, 0.5) is 4.39 Å². The van der Waals surface area contributed by atoms with E-state index in [0.29, 0.717) is 25.7 Å². The number of carboxylic acid groups (broad SMARTS) is 1. The molecule has 29 heavy (non-hydrogen) atoms. The van der Waals surface area contributed by atoms with Crippen LogP contribution in [0.25, 0.3) is 6.08 Å². The van der Waals surface area contributed by atoms with Crippen molar-refractivity contribution < 1.29 is 29.6 Å². The first-order chi connectivity index (χ1) is 13.9. The first kappa shape index (κ1) is 23.5. The van der Waals surface area contributed by atoms with Crippen LogP contribution in [0.1, 0.15) is 63.4 Å². The summed E-state index contributed by atoms with van der Waals surface area (Å²) in [5, 5.41) is 39.5. The topological polar surface area (TPSA) is 98.0 Å². The molecule has 1 unspecified atom stereocenters. The lowest BCUT2D eigenvalue weighted by atomic mass is 9.85. The van der Waals surface area contributed by atoms with E-state index in [1.165, 1.54) is 12.1 Å². The standard InChI is InChI=1S/C23H33FO5/c24-17-10-7-16(8-11-17)9-12-18(25)13-14-20-19(21(26)15-22(20)27)5-3-1-2-4-6-23(28)29/h7-12,18-22,25-27H,1-6,13-15H2,(H,28,29)/t18?,19-,20-,21+,22-/m1/s1. The zero-order valence-corrected chi connectivity index (χ0v) is 16.8. The summed E-state index contributed by atoms with van der Waals surface area (Å²) in [6.45, 7) is 0. The maximum absolute atomic E-state index is 12.9. The van der Waals surface area contributed by atoms with E-state index < -0.39 is 24.3 Å². The van der Waals surface area contributed by atoms with E-state index in [1.54, 1.807) is 24.3 Å². The summed E-state index contributed by atoms with van der Waals surface area (Å²) >= 11 is 0. The predicted octanol–water partition coefficient (Wildman–Crippen LogP) is 3.76. The average Bonchev–Trinajstić information content (AvgIpc) is 2.94. The third-order valence-corrected chi connectivity index (χ3v) is 5.88. The Morgan fingerprint density at radius 1 is 1.03 bits per heavy atom. The molecule has 5 nitrogen and oxygen atoms in total. The Kier molecular flexibility index (Phi) is 9.78. The Balaban J connectivity index is 1.75. The molecule has 5 atom stereocenters. The van der Waals surface area contributed by atoms with Crippen LogP contribution >= 0.6 is 0 Å². The fourth-order valence-corrected chi connectivity index (χ4v) is 4.25. The number of benzene rings is 1. The van der Waals surface area contributed by atoms with Gasteiger partial charge in [0.25, 0.3) is 0 Å². The normalized spacial score (nSPS) is 25.5. The van der Waals surface area contributed by atoms with Crippen LogP contribution in [0.3, 0.4) is 0 Å². The molecule has 0 aliphatic heterocycles. The van der Waals surface area contributed by atoms with Gasteiger partial charge in [-0.25, -0.2) is 4.39 Å². The maximum Gasteiger partial charge on any atom is 0.303 e. The van der Waals surface area contributed by atoms with Gasteiger partial charge in [-0.3, -0.25) is 4.79 Å². The van der Waals surface area contributed by atoms with Crippen LogP contribution in [0.5, 0.6) is 0 Å². The van der Waals surface area contributed by atoms with Gasteiger partial charge in [-0.15, -0.1) is 0 Å². The highest BCUT2D eigenvalue weighted by Gasteiger charge is 2.40. The largest absolute Gasteiger partial charge is 0.481 e. The van der Waals surface area contributed by atoms with Gasteiger partial charge in [0.05, 0.1) is 18.3 Å². The van der Waals surface area contributed by atoms with Gasteiger partial charge in [0.2, 0.25) is 0 Å². The zero-order chi connectivity index (χ0) is 21.2. The van der Waals surface area contributed by atoms with Crippen LogP contribution in [0.15, 0.2) is 30.3 Å². The summed E-state index contributed by atoms with van der Waals surface area (Å²) in [6, 6.07) is 6.02. The molecule has 1 aliphatic rings. The molecule has 0 radical (unpaired) electrons. The molecular formula is C23H33FO5. The molecule has 0 amide bonds. The van der Waals surface area contributed by atoms with E-state index in [9.17, 15) is 24.5 Å². The number of carbonyl (C=O) groups is 1. The highest BCUT2D eigenvalue weighted by atomic mass is 19.1. The first-order valence-corrected chi connectivity index (χ1v) is 10.6. The van der Waals surface area contributed by atoms with E-state index in [0.717, 1.165) is 31.2 Å². The molecule has 162 valence electrons. The van der Waals surface area contributed by atoms with Crippen molar-refractivity contribution >= 4 is 12.0 Å². The molecule has 0 aromatic heterocycles. The number of hydrogen-bond acceptors (Lipinski definition) is 4. The lowest BCUT2D eigenvalue weighted by Crippen LogP contribution is -2.23. The molecule has 1 aliphatic carbocycles. The predicted molar refractivity (Wildman–Crippen MR) is 110 cm³/mol. The van der Waals surface area contributed by atoms with Crippen molar-refractivity contribution in [2.24, 2.45) is 11.8 Å². The summed E-state index contributed by atoms with van der Waals surface area (Å²) < 4.78 is 12.9. The molecule has 0 heterocycles. The Hall–Kier alpha value is -1.76. The second kappa shape index (κ2) is 12.1. The first-order valence-electron chi connectivity index (χ1n) is 10.6. The minimum Gasteiger partial charge on any atom is -0.481 e. The van der Waals surface area contributed by atoms with Gasteiger partial charge in [-0.2, -0.15) is 0 Å². The Labute approximate surface area is 171 Å².